The van der Waals surface area contributed by atoms with E-state index < -0.39 is 0 Å². The molecule has 0 aromatic rings. The Morgan fingerprint density at radius 2 is 0.811 bits per heavy atom. The van der Waals surface area contributed by atoms with Gasteiger partial charge in [0.25, 0.3) is 0 Å². The fourth-order valence-electron chi connectivity index (χ4n) is 6.08. The molecule has 4 aliphatic carbocycles. The van der Waals surface area contributed by atoms with Crippen molar-refractivity contribution in [3.63, 3.8) is 0 Å². The van der Waals surface area contributed by atoms with Crippen LogP contribution in [0.25, 0.3) is 0 Å². The Morgan fingerprint density at radius 1 is 0.432 bits per heavy atom. The second-order valence-electron chi connectivity index (χ2n) is 11.0. The summed E-state index contributed by atoms with van der Waals surface area (Å²) in [5, 5.41) is 0. The van der Waals surface area contributed by atoms with E-state index in [-0.39, 0.29) is 63.8 Å². The minimum absolute atomic E-state index is 0. The van der Waals surface area contributed by atoms with Gasteiger partial charge in [-0.1, -0.05) is 165 Å². The van der Waals surface area contributed by atoms with Crippen molar-refractivity contribution in [3.05, 3.63) is 29.7 Å². The average molecular weight is 609 g/mol. The van der Waals surface area contributed by atoms with E-state index in [1.54, 1.807) is 19.3 Å². The fourth-order valence-corrected chi connectivity index (χ4v) is 6.08. The van der Waals surface area contributed by atoms with Crippen molar-refractivity contribution in [1.82, 2.24) is 0 Å². The molecule has 4 fully saturated rings. The van der Waals surface area contributed by atoms with E-state index in [9.17, 15) is 0 Å². The Labute approximate surface area is 262 Å². The van der Waals surface area contributed by atoms with Crippen LogP contribution in [0.1, 0.15) is 165 Å². The predicted molar refractivity (Wildman–Crippen MR) is 170 cm³/mol. The first-order chi connectivity index (χ1) is 15.1. The molecule has 4 atom stereocenters. The zero-order valence-corrected chi connectivity index (χ0v) is 30.4. The summed E-state index contributed by atoms with van der Waals surface area (Å²) in [6, 6.07) is 0. The molecule has 0 aliphatic heterocycles. The van der Waals surface area contributed by atoms with Gasteiger partial charge in [-0.3, -0.25) is 0 Å². The van der Waals surface area contributed by atoms with Crippen LogP contribution in [0.3, 0.4) is 0 Å². The van der Waals surface area contributed by atoms with E-state index in [2.05, 4.69) is 27.7 Å². The van der Waals surface area contributed by atoms with Crippen molar-refractivity contribution in [3.8, 4) is 0 Å². The van der Waals surface area contributed by atoms with Gasteiger partial charge >= 0.3 is 34.1 Å². The molecule has 0 bridgehead atoms. The smallest absolute Gasteiger partial charge is 0.358 e. The molecule has 4 saturated carbocycles. The van der Waals surface area contributed by atoms with Gasteiger partial charge in [0, 0.05) is 0 Å². The number of hydrogen-bond acceptors (Lipinski definition) is 0. The molecular weight excluding hydrogens is 532 g/mol. The zero-order chi connectivity index (χ0) is 23.5. The molecule has 0 aromatic heterocycles. The Bertz CT molecular complexity index is 350. The molecule has 4 rings (SSSR count). The average Bonchev–Trinajstić information content (AvgIpc) is 3.60. The van der Waals surface area contributed by atoms with Crippen molar-refractivity contribution < 1.29 is 34.1 Å². The molecule has 0 saturated heterocycles. The van der Waals surface area contributed by atoms with Gasteiger partial charge in [-0.25, -0.2) is 0 Å². The van der Waals surface area contributed by atoms with Crippen LogP contribution in [-0.2, 0) is 34.1 Å². The van der Waals surface area contributed by atoms with Crippen molar-refractivity contribution in [2.24, 2.45) is 35.5 Å². The van der Waals surface area contributed by atoms with Crippen LogP contribution in [0.15, 0.2) is 0 Å². The summed E-state index contributed by atoms with van der Waals surface area (Å²) in [6.07, 6.45) is 25.7. The van der Waals surface area contributed by atoms with Gasteiger partial charge in [-0.15, -0.1) is 0 Å². The van der Waals surface area contributed by atoms with E-state index in [1.165, 1.54) is 89.9 Å². The van der Waals surface area contributed by atoms with Crippen molar-refractivity contribution in [2.75, 3.05) is 0 Å². The molecule has 232 valence electrons. The maximum Gasteiger partial charge on any atom is 2.00 e. The molecule has 4 unspecified atom stereocenters. The maximum absolute atomic E-state index is 2.47. The molecule has 0 spiro atoms. The van der Waals surface area contributed by atoms with Gasteiger partial charge in [0.2, 0.25) is 0 Å². The van der Waals surface area contributed by atoms with E-state index >= 15 is 0 Å². The minimum Gasteiger partial charge on any atom is -0.358 e. The van der Waals surface area contributed by atoms with E-state index in [0.717, 1.165) is 35.5 Å². The Morgan fingerprint density at radius 3 is 1.11 bits per heavy atom. The zero-order valence-electron chi connectivity index (χ0n) is 28.2. The topological polar surface area (TPSA) is 0 Å². The first kappa shape index (κ1) is 54.2. The SMILES string of the molecule is CC.CC.CC1CCCC1.CC1CCCC1C.CC1CCCC1CCCC1CCCC1.[CH3-].[CH3-].[CH3-].[CH3-].[Fe+2].[Fe+2]. The fraction of sp³-hybridized carbons (Fsp3) is 0.886. The summed E-state index contributed by atoms with van der Waals surface area (Å²) in [5.74, 6) is 6.33. The van der Waals surface area contributed by atoms with Gasteiger partial charge < -0.3 is 29.7 Å². The summed E-state index contributed by atoms with van der Waals surface area (Å²) < 4.78 is 0. The first-order valence-corrected chi connectivity index (χ1v) is 15.1. The third-order valence-electron chi connectivity index (χ3n) is 8.64. The van der Waals surface area contributed by atoms with E-state index in [1.807, 2.05) is 27.7 Å². The molecule has 0 nitrogen and oxygen atoms in total. The van der Waals surface area contributed by atoms with Crippen LogP contribution in [0, 0.1) is 65.2 Å². The monoisotopic (exact) mass is 608 g/mol. The third kappa shape index (κ3) is 27.0. The molecular formula is C35H76Fe2. The van der Waals surface area contributed by atoms with Crippen molar-refractivity contribution in [2.45, 2.75) is 165 Å². The summed E-state index contributed by atoms with van der Waals surface area (Å²) in [7, 11) is 0. The van der Waals surface area contributed by atoms with Crippen LogP contribution in [0.5, 0.6) is 0 Å². The summed E-state index contributed by atoms with van der Waals surface area (Å²) in [5.41, 5.74) is 0. The minimum atomic E-state index is 0. The molecule has 0 heterocycles. The van der Waals surface area contributed by atoms with Gasteiger partial charge in [0.15, 0.2) is 0 Å². The van der Waals surface area contributed by atoms with E-state index in [0.29, 0.717) is 0 Å². The second-order valence-corrected chi connectivity index (χ2v) is 11.0. The second kappa shape index (κ2) is 37.0. The summed E-state index contributed by atoms with van der Waals surface area (Å²) in [6.45, 7) is 17.5. The Balaban J connectivity index is -0.0000000682. The predicted octanol–water partition coefficient (Wildman–Crippen LogP) is 13.3. The third-order valence-corrected chi connectivity index (χ3v) is 8.64. The molecule has 0 amide bonds. The van der Waals surface area contributed by atoms with Crippen LogP contribution in [0.2, 0.25) is 0 Å². The van der Waals surface area contributed by atoms with Gasteiger partial charge in [0.1, 0.15) is 0 Å². The molecule has 4 aliphatic rings. The van der Waals surface area contributed by atoms with Crippen LogP contribution in [-0.4, -0.2) is 0 Å². The quantitative estimate of drug-likeness (QED) is 0.220. The molecule has 0 N–H and O–H groups in total. The normalized spacial score (nSPS) is 25.3. The Hall–Kier alpha value is 1.04. The maximum atomic E-state index is 2.47. The summed E-state index contributed by atoms with van der Waals surface area (Å²) >= 11 is 0. The Kier molecular flexibility index (Phi) is 54.2. The van der Waals surface area contributed by atoms with Crippen LogP contribution >= 0.6 is 0 Å². The molecule has 2 heteroatoms. The standard InChI is InChI=1S/C14H26.C7H14.C6H12.2C2H6.4CH3.2Fe/c1-12-6-4-10-14(12)11-5-9-13-7-2-3-8-13;1-6-4-3-5-7(6)2;1-6-4-2-3-5-6;2*1-2;;;;;;/h12-14H,2-11H2,1H3;6-7H,3-5H2,1-2H3;6H,2-5H2,1H3;2*1-2H3;4*1H3;;/q;;;;;4*-1;2*+2. The summed E-state index contributed by atoms with van der Waals surface area (Å²) in [4.78, 5) is 0. The first-order valence-electron chi connectivity index (χ1n) is 15.1. The van der Waals surface area contributed by atoms with E-state index in [4.69, 9.17) is 0 Å². The van der Waals surface area contributed by atoms with Crippen LogP contribution in [0.4, 0.5) is 0 Å². The van der Waals surface area contributed by atoms with Gasteiger partial charge in [0.05, 0.1) is 0 Å². The molecule has 0 radical (unpaired) electrons. The molecule has 0 aromatic carbocycles. The van der Waals surface area contributed by atoms with Gasteiger partial charge in [-0.05, 0) is 35.5 Å². The van der Waals surface area contributed by atoms with Crippen LogP contribution < -0.4 is 0 Å². The van der Waals surface area contributed by atoms with Crippen molar-refractivity contribution >= 4 is 0 Å². The largest absolute Gasteiger partial charge is 2.00 e. The number of rotatable bonds is 4. The number of hydrogen-bond donors (Lipinski definition) is 0. The molecule has 37 heavy (non-hydrogen) atoms. The van der Waals surface area contributed by atoms with Crippen molar-refractivity contribution in [1.29, 1.82) is 0 Å². The van der Waals surface area contributed by atoms with Gasteiger partial charge in [-0.2, -0.15) is 0 Å².